The van der Waals surface area contributed by atoms with Crippen LogP contribution < -0.4 is 9.64 Å². The average Bonchev–Trinajstić information content (AvgIpc) is 3.33. The monoisotopic (exact) mass is 455 g/mol. The van der Waals surface area contributed by atoms with Gasteiger partial charge in [0.1, 0.15) is 10.8 Å². The van der Waals surface area contributed by atoms with Crippen molar-refractivity contribution >= 4 is 28.7 Å². The van der Waals surface area contributed by atoms with Gasteiger partial charge in [0.25, 0.3) is 5.91 Å². The topological polar surface area (TPSA) is 72.4 Å². The van der Waals surface area contributed by atoms with Crippen LogP contribution in [0.4, 0.5) is 5.69 Å². The van der Waals surface area contributed by atoms with Gasteiger partial charge in [-0.25, -0.2) is 4.98 Å². The van der Waals surface area contributed by atoms with Crippen molar-refractivity contribution in [1.29, 1.82) is 0 Å². The van der Waals surface area contributed by atoms with Crippen molar-refractivity contribution < 1.29 is 14.3 Å². The average molecular weight is 456 g/mol. The van der Waals surface area contributed by atoms with Gasteiger partial charge in [-0.2, -0.15) is 0 Å². The van der Waals surface area contributed by atoms with Crippen LogP contribution in [0.2, 0.25) is 0 Å². The molecule has 0 N–H and O–H groups in total. The first kappa shape index (κ1) is 21.0. The highest BCUT2D eigenvalue weighted by Crippen LogP contribution is 2.38. The van der Waals surface area contributed by atoms with Gasteiger partial charge < -0.3 is 4.74 Å². The lowest BCUT2D eigenvalue weighted by Crippen LogP contribution is -2.46. The Kier molecular flexibility index (Phi) is 5.48. The highest BCUT2D eigenvalue weighted by Gasteiger charge is 2.33. The molecule has 4 aromatic rings. The molecule has 2 aromatic carbocycles. The molecule has 0 radical (unpaired) electrons. The summed E-state index contributed by atoms with van der Waals surface area (Å²) in [4.78, 5) is 36.5. The van der Waals surface area contributed by atoms with Crippen molar-refractivity contribution in [1.82, 2.24) is 9.97 Å². The molecule has 1 aliphatic rings. The molecule has 1 amide bonds. The van der Waals surface area contributed by atoms with Gasteiger partial charge in [0, 0.05) is 22.7 Å². The summed E-state index contributed by atoms with van der Waals surface area (Å²) in [6, 6.07) is 18.7. The molecule has 2 aromatic heterocycles. The van der Waals surface area contributed by atoms with E-state index in [1.54, 1.807) is 25.3 Å². The summed E-state index contributed by atoms with van der Waals surface area (Å²) in [7, 11) is 0. The van der Waals surface area contributed by atoms with E-state index in [4.69, 9.17) is 9.72 Å². The molecule has 0 aliphatic carbocycles. The first-order valence-corrected chi connectivity index (χ1v) is 11.5. The number of ether oxygens (including phenoxy) is 1. The van der Waals surface area contributed by atoms with Crippen LogP contribution in [0.1, 0.15) is 22.8 Å². The third-order valence-corrected chi connectivity index (χ3v) is 6.39. The molecule has 1 atom stereocenters. The standard InChI is InChI=1S/C26H21N3O3S/c1-16-6-8-18(9-7-16)23(30)14-29-22-13-19(10-11-24(22)32-17(2)26(29)31)21-15-33-25(28-21)20-5-3-4-12-27-20/h3-13,15,17H,14H2,1-2H3. The number of thiazole rings is 1. The van der Waals surface area contributed by atoms with Gasteiger partial charge >= 0.3 is 0 Å². The molecular formula is C26H21N3O3S. The number of aryl methyl sites for hydroxylation is 1. The fourth-order valence-corrected chi connectivity index (χ4v) is 4.52. The van der Waals surface area contributed by atoms with E-state index in [1.165, 1.54) is 16.2 Å². The van der Waals surface area contributed by atoms with Crippen molar-refractivity contribution in [2.45, 2.75) is 20.0 Å². The molecule has 3 heterocycles. The number of anilines is 1. The Bertz CT molecular complexity index is 1330. The van der Waals surface area contributed by atoms with Crippen LogP contribution >= 0.6 is 11.3 Å². The van der Waals surface area contributed by atoms with Gasteiger partial charge in [0.2, 0.25) is 0 Å². The first-order chi connectivity index (χ1) is 16.0. The van der Waals surface area contributed by atoms with E-state index in [-0.39, 0.29) is 18.2 Å². The molecule has 6 nitrogen and oxygen atoms in total. The molecule has 0 spiro atoms. The zero-order chi connectivity index (χ0) is 22.9. The van der Waals surface area contributed by atoms with Crippen LogP contribution in [-0.2, 0) is 4.79 Å². The lowest BCUT2D eigenvalue weighted by molar-refractivity contribution is -0.125. The number of benzene rings is 2. The maximum absolute atomic E-state index is 13.0. The number of hydrogen-bond acceptors (Lipinski definition) is 6. The number of Topliss-reactive ketones (excluding diaryl/α,β-unsaturated/α-hetero) is 1. The minimum absolute atomic E-state index is 0.0533. The van der Waals surface area contributed by atoms with E-state index < -0.39 is 6.10 Å². The Balaban J connectivity index is 1.48. The van der Waals surface area contributed by atoms with Crippen molar-refractivity contribution in [3.05, 3.63) is 83.4 Å². The predicted molar refractivity (Wildman–Crippen MR) is 129 cm³/mol. The van der Waals surface area contributed by atoms with Gasteiger partial charge in [-0.05, 0) is 44.2 Å². The predicted octanol–water partition coefficient (Wildman–Crippen LogP) is 5.18. The van der Waals surface area contributed by atoms with Crippen molar-refractivity contribution in [2.75, 3.05) is 11.4 Å². The summed E-state index contributed by atoms with van der Waals surface area (Å²) in [5.41, 5.74) is 4.65. The van der Waals surface area contributed by atoms with Crippen LogP contribution in [0.3, 0.4) is 0 Å². The van der Waals surface area contributed by atoms with Crippen molar-refractivity contribution in [2.24, 2.45) is 0 Å². The van der Waals surface area contributed by atoms with Gasteiger partial charge in [-0.15, -0.1) is 11.3 Å². The van der Waals surface area contributed by atoms with E-state index in [9.17, 15) is 9.59 Å². The fourth-order valence-electron chi connectivity index (χ4n) is 3.72. The van der Waals surface area contributed by atoms with E-state index in [0.717, 1.165) is 27.5 Å². The van der Waals surface area contributed by atoms with Crippen LogP contribution in [0, 0.1) is 6.92 Å². The number of hydrogen-bond donors (Lipinski definition) is 0. The summed E-state index contributed by atoms with van der Waals surface area (Å²) in [6.07, 6.45) is 1.08. The molecule has 33 heavy (non-hydrogen) atoms. The highest BCUT2D eigenvalue weighted by atomic mass is 32.1. The first-order valence-electron chi connectivity index (χ1n) is 10.6. The number of amides is 1. The molecule has 164 valence electrons. The molecular weight excluding hydrogens is 434 g/mol. The molecule has 1 unspecified atom stereocenters. The smallest absolute Gasteiger partial charge is 0.268 e. The summed E-state index contributed by atoms with van der Waals surface area (Å²) in [5.74, 6) is 0.204. The lowest BCUT2D eigenvalue weighted by atomic mass is 10.1. The minimum Gasteiger partial charge on any atom is -0.479 e. The van der Waals surface area contributed by atoms with Gasteiger partial charge in [-0.1, -0.05) is 35.9 Å². The van der Waals surface area contributed by atoms with Gasteiger partial charge in [0.15, 0.2) is 11.9 Å². The number of ketones is 1. The van der Waals surface area contributed by atoms with Gasteiger partial charge in [0.05, 0.1) is 23.6 Å². The third-order valence-electron chi connectivity index (χ3n) is 5.53. The second-order valence-electron chi connectivity index (χ2n) is 7.91. The number of pyridine rings is 1. The Morgan fingerprint density at radius 2 is 1.91 bits per heavy atom. The number of carbonyl (C=O) groups is 2. The van der Waals surface area contributed by atoms with E-state index in [0.29, 0.717) is 17.0 Å². The van der Waals surface area contributed by atoms with Crippen LogP contribution in [0.5, 0.6) is 5.75 Å². The quantitative estimate of drug-likeness (QED) is 0.388. The maximum Gasteiger partial charge on any atom is 0.268 e. The Morgan fingerprint density at radius 3 is 2.67 bits per heavy atom. The number of rotatable bonds is 5. The Hall–Kier alpha value is -3.84. The van der Waals surface area contributed by atoms with Crippen molar-refractivity contribution in [3.63, 3.8) is 0 Å². The van der Waals surface area contributed by atoms with Gasteiger partial charge in [-0.3, -0.25) is 19.5 Å². The normalized spacial score (nSPS) is 15.2. The molecule has 1 aliphatic heterocycles. The Morgan fingerprint density at radius 1 is 1.09 bits per heavy atom. The number of fused-ring (bicyclic) bond motifs is 1. The molecule has 5 rings (SSSR count). The zero-order valence-corrected chi connectivity index (χ0v) is 19.0. The highest BCUT2D eigenvalue weighted by molar-refractivity contribution is 7.13. The number of aromatic nitrogens is 2. The molecule has 0 saturated carbocycles. The Labute approximate surface area is 195 Å². The minimum atomic E-state index is -0.663. The van der Waals surface area contributed by atoms with E-state index in [1.807, 2.05) is 60.8 Å². The lowest BCUT2D eigenvalue weighted by Gasteiger charge is -2.33. The summed E-state index contributed by atoms with van der Waals surface area (Å²) < 4.78 is 5.81. The van der Waals surface area contributed by atoms with Crippen LogP contribution in [0.15, 0.2) is 72.2 Å². The van der Waals surface area contributed by atoms with Crippen molar-refractivity contribution in [3.8, 4) is 27.7 Å². The fraction of sp³-hybridized carbons (Fsp3) is 0.154. The number of carbonyl (C=O) groups excluding carboxylic acids is 2. The van der Waals surface area contributed by atoms with Crippen LogP contribution in [-0.4, -0.2) is 34.3 Å². The second kappa shape index (κ2) is 8.60. The zero-order valence-electron chi connectivity index (χ0n) is 18.2. The summed E-state index contributed by atoms with van der Waals surface area (Å²) in [6.45, 7) is 3.61. The SMILES string of the molecule is Cc1ccc(C(=O)CN2C(=O)C(C)Oc3ccc(-c4csc(-c5ccccn5)n4)cc32)cc1. The molecule has 0 bridgehead atoms. The molecule has 0 saturated heterocycles. The van der Waals surface area contributed by atoms with E-state index >= 15 is 0 Å². The summed E-state index contributed by atoms with van der Waals surface area (Å²) >= 11 is 1.51. The molecule has 0 fully saturated rings. The number of nitrogens with zero attached hydrogens (tertiary/aromatic N) is 3. The molecule has 7 heteroatoms. The third kappa shape index (κ3) is 4.15. The largest absolute Gasteiger partial charge is 0.479 e. The summed E-state index contributed by atoms with van der Waals surface area (Å²) in [5, 5.41) is 2.78. The maximum atomic E-state index is 13.0. The van der Waals surface area contributed by atoms with Crippen LogP contribution in [0.25, 0.3) is 22.0 Å². The van der Waals surface area contributed by atoms with E-state index in [2.05, 4.69) is 4.98 Å². The second-order valence-corrected chi connectivity index (χ2v) is 8.77.